The molecule has 4 aromatic rings. The lowest BCUT2D eigenvalue weighted by Gasteiger charge is -2.07. The van der Waals surface area contributed by atoms with Crippen molar-refractivity contribution in [3.63, 3.8) is 0 Å². The van der Waals surface area contributed by atoms with Crippen LogP contribution in [0.25, 0.3) is 28.6 Å². The van der Waals surface area contributed by atoms with Crippen molar-refractivity contribution >= 4 is 23.2 Å². The Balaban J connectivity index is 1.68. The zero-order valence-electron chi connectivity index (χ0n) is 17.3. The number of likely N-dealkylation sites (N-methyl/N-ethyl adjacent to an activating group) is 1. The molecule has 3 aromatic carbocycles. The van der Waals surface area contributed by atoms with Crippen LogP contribution in [-0.2, 0) is 4.79 Å². The number of ether oxygens (including phenoxy) is 1. The predicted molar refractivity (Wildman–Crippen MR) is 123 cm³/mol. The normalized spacial score (nSPS) is 14.2. The van der Waals surface area contributed by atoms with Gasteiger partial charge in [0.1, 0.15) is 5.75 Å². The average Bonchev–Trinajstić information content (AvgIpc) is 3.35. The van der Waals surface area contributed by atoms with Gasteiger partial charge in [-0.15, -0.1) is 0 Å². The number of nitrogens with zero attached hydrogens (tertiary/aromatic N) is 3. The van der Waals surface area contributed by atoms with Gasteiger partial charge in [-0.1, -0.05) is 36.4 Å². The third kappa shape index (κ3) is 3.30. The molecule has 1 aliphatic rings. The SMILES string of the molecule is COc1ccc(-c2nn(-c3ccccc3)cc2/C=C2/C(=O)N(C)c3ccccc32)cc1. The molecule has 152 valence electrons. The second-order valence-electron chi connectivity index (χ2n) is 7.38. The molecule has 0 aliphatic carbocycles. The summed E-state index contributed by atoms with van der Waals surface area (Å²) in [6, 6.07) is 25.6. The molecular weight excluding hydrogens is 386 g/mol. The number of carbonyl (C=O) groups is 1. The van der Waals surface area contributed by atoms with E-state index < -0.39 is 0 Å². The number of para-hydroxylation sites is 2. The summed E-state index contributed by atoms with van der Waals surface area (Å²) in [7, 11) is 3.45. The number of aromatic nitrogens is 2. The largest absolute Gasteiger partial charge is 0.497 e. The number of hydrogen-bond donors (Lipinski definition) is 0. The van der Waals surface area contributed by atoms with Crippen molar-refractivity contribution < 1.29 is 9.53 Å². The summed E-state index contributed by atoms with van der Waals surface area (Å²) in [6.07, 6.45) is 3.91. The van der Waals surface area contributed by atoms with Crippen LogP contribution in [0.2, 0.25) is 0 Å². The molecule has 0 fully saturated rings. The molecule has 5 nitrogen and oxygen atoms in total. The first-order chi connectivity index (χ1) is 15.2. The highest BCUT2D eigenvalue weighted by Gasteiger charge is 2.29. The van der Waals surface area contributed by atoms with Gasteiger partial charge in [0, 0.05) is 35.5 Å². The van der Waals surface area contributed by atoms with E-state index in [9.17, 15) is 4.79 Å². The van der Waals surface area contributed by atoms with Crippen molar-refractivity contribution in [1.82, 2.24) is 9.78 Å². The number of fused-ring (bicyclic) bond motifs is 1. The van der Waals surface area contributed by atoms with Crippen molar-refractivity contribution in [2.75, 3.05) is 19.1 Å². The Morgan fingerprint density at radius 1 is 0.903 bits per heavy atom. The summed E-state index contributed by atoms with van der Waals surface area (Å²) in [5.74, 6) is 0.766. The molecule has 5 heteroatoms. The van der Waals surface area contributed by atoms with Crippen molar-refractivity contribution in [3.05, 3.63) is 96.2 Å². The minimum absolute atomic E-state index is 0.0191. The number of rotatable bonds is 4. The number of anilines is 1. The number of hydrogen-bond acceptors (Lipinski definition) is 3. The zero-order valence-corrected chi connectivity index (χ0v) is 17.3. The molecule has 0 saturated heterocycles. The number of methoxy groups -OCH3 is 1. The molecule has 0 spiro atoms. The zero-order chi connectivity index (χ0) is 21.4. The maximum Gasteiger partial charge on any atom is 0.258 e. The molecule has 0 atom stereocenters. The van der Waals surface area contributed by atoms with Crippen molar-refractivity contribution in [2.24, 2.45) is 0 Å². The quantitative estimate of drug-likeness (QED) is 0.444. The van der Waals surface area contributed by atoms with E-state index in [1.54, 1.807) is 19.1 Å². The number of amides is 1. The molecule has 0 saturated carbocycles. The third-order valence-corrected chi connectivity index (χ3v) is 5.52. The van der Waals surface area contributed by atoms with E-state index >= 15 is 0 Å². The molecule has 1 aromatic heterocycles. The van der Waals surface area contributed by atoms with E-state index in [-0.39, 0.29) is 5.91 Å². The van der Waals surface area contributed by atoms with Gasteiger partial charge in [0.25, 0.3) is 5.91 Å². The van der Waals surface area contributed by atoms with Crippen LogP contribution in [0.3, 0.4) is 0 Å². The molecular formula is C26H21N3O2. The van der Waals surface area contributed by atoms with Gasteiger partial charge in [-0.2, -0.15) is 5.10 Å². The van der Waals surface area contributed by atoms with Crippen molar-refractivity contribution in [2.45, 2.75) is 0 Å². The van der Waals surface area contributed by atoms with Crippen LogP contribution in [0.15, 0.2) is 85.1 Å². The molecule has 5 rings (SSSR count). The third-order valence-electron chi connectivity index (χ3n) is 5.52. The van der Waals surface area contributed by atoms with Gasteiger partial charge in [-0.05, 0) is 48.5 Å². The standard InChI is InChI=1S/C26H21N3O2/c1-28-24-11-7-6-10-22(24)23(26(28)30)16-19-17-29(20-8-4-3-5-9-20)27-25(19)18-12-14-21(31-2)15-13-18/h3-17H,1-2H3/b23-16+. The fraction of sp³-hybridized carbons (Fsp3) is 0.0769. The lowest BCUT2D eigenvalue weighted by Crippen LogP contribution is -2.20. The first kappa shape index (κ1) is 18.9. The highest BCUT2D eigenvalue weighted by atomic mass is 16.5. The van der Waals surface area contributed by atoms with Crippen LogP contribution in [0.4, 0.5) is 5.69 Å². The first-order valence-electron chi connectivity index (χ1n) is 10.0. The van der Waals surface area contributed by atoms with Crippen LogP contribution >= 0.6 is 0 Å². The van der Waals surface area contributed by atoms with E-state index in [4.69, 9.17) is 9.84 Å². The van der Waals surface area contributed by atoms with Crippen molar-refractivity contribution in [3.8, 4) is 22.7 Å². The monoisotopic (exact) mass is 407 g/mol. The van der Waals surface area contributed by atoms with Crippen LogP contribution < -0.4 is 9.64 Å². The van der Waals surface area contributed by atoms with E-state index in [1.807, 2.05) is 95.8 Å². The van der Waals surface area contributed by atoms with Gasteiger partial charge in [0.15, 0.2) is 0 Å². The van der Waals surface area contributed by atoms with Crippen LogP contribution in [0, 0.1) is 0 Å². The average molecular weight is 407 g/mol. The number of benzene rings is 3. The minimum atomic E-state index is -0.0191. The Hall–Kier alpha value is -4.12. The molecule has 2 heterocycles. The van der Waals surface area contributed by atoms with Gasteiger partial charge in [-0.3, -0.25) is 4.79 Å². The van der Waals surface area contributed by atoms with Gasteiger partial charge in [0.05, 0.1) is 24.2 Å². The fourth-order valence-corrected chi connectivity index (χ4v) is 3.87. The summed E-state index contributed by atoms with van der Waals surface area (Å²) in [4.78, 5) is 14.7. The molecule has 0 radical (unpaired) electrons. The first-order valence-corrected chi connectivity index (χ1v) is 10.0. The van der Waals surface area contributed by atoms with Gasteiger partial charge in [-0.25, -0.2) is 4.68 Å². The van der Waals surface area contributed by atoms with E-state index in [0.29, 0.717) is 5.57 Å². The molecule has 1 aliphatic heterocycles. The van der Waals surface area contributed by atoms with E-state index in [2.05, 4.69) is 0 Å². The summed E-state index contributed by atoms with van der Waals surface area (Å²) >= 11 is 0. The summed E-state index contributed by atoms with van der Waals surface area (Å²) in [6.45, 7) is 0. The maximum atomic E-state index is 13.0. The molecule has 1 amide bonds. The molecule has 0 N–H and O–H groups in total. The van der Waals surface area contributed by atoms with Crippen molar-refractivity contribution in [1.29, 1.82) is 0 Å². The summed E-state index contributed by atoms with van der Waals surface area (Å²) in [5.41, 5.74) is 6.11. The van der Waals surface area contributed by atoms with E-state index in [0.717, 1.165) is 39.5 Å². The smallest absolute Gasteiger partial charge is 0.258 e. The Kier molecular flexibility index (Phi) is 4.64. The summed E-state index contributed by atoms with van der Waals surface area (Å²) in [5, 5.41) is 4.85. The van der Waals surface area contributed by atoms with Gasteiger partial charge < -0.3 is 9.64 Å². The second-order valence-corrected chi connectivity index (χ2v) is 7.38. The van der Waals surface area contributed by atoms with Gasteiger partial charge in [0.2, 0.25) is 0 Å². The molecule has 31 heavy (non-hydrogen) atoms. The van der Waals surface area contributed by atoms with Crippen LogP contribution in [0.1, 0.15) is 11.1 Å². The molecule has 0 unspecified atom stereocenters. The topological polar surface area (TPSA) is 47.4 Å². The van der Waals surface area contributed by atoms with Gasteiger partial charge >= 0.3 is 0 Å². The second kappa shape index (κ2) is 7.61. The maximum absolute atomic E-state index is 13.0. The Labute approximate surface area is 180 Å². The Morgan fingerprint density at radius 3 is 2.35 bits per heavy atom. The lowest BCUT2D eigenvalue weighted by atomic mass is 10.0. The predicted octanol–water partition coefficient (Wildman–Crippen LogP) is 5.06. The highest BCUT2D eigenvalue weighted by molar-refractivity contribution is 6.35. The van der Waals surface area contributed by atoms with Crippen LogP contribution in [-0.4, -0.2) is 29.8 Å². The Morgan fingerprint density at radius 2 is 1.61 bits per heavy atom. The summed E-state index contributed by atoms with van der Waals surface area (Å²) < 4.78 is 7.14. The Bertz CT molecular complexity index is 1290. The minimum Gasteiger partial charge on any atom is -0.497 e. The molecule has 0 bridgehead atoms. The lowest BCUT2D eigenvalue weighted by molar-refractivity contribution is -0.112. The number of carbonyl (C=O) groups excluding carboxylic acids is 1. The highest BCUT2D eigenvalue weighted by Crippen LogP contribution is 2.38. The fourth-order valence-electron chi connectivity index (χ4n) is 3.87. The van der Waals surface area contributed by atoms with E-state index in [1.165, 1.54) is 0 Å². The van der Waals surface area contributed by atoms with Crippen LogP contribution in [0.5, 0.6) is 5.75 Å².